The Morgan fingerprint density at radius 2 is 1.94 bits per heavy atom. The number of hydrogen-bond donors (Lipinski definition) is 0. The lowest BCUT2D eigenvalue weighted by molar-refractivity contribution is 1.09. The van der Waals surface area contributed by atoms with Gasteiger partial charge in [0.15, 0.2) is 11.5 Å². The molecule has 3 rings (SSSR count). The summed E-state index contributed by atoms with van der Waals surface area (Å²) < 4.78 is 3.05. The summed E-state index contributed by atoms with van der Waals surface area (Å²) in [6.07, 6.45) is 6.89. The first kappa shape index (κ1) is 9.64. The molecule has 0 saturated heterocycles. The van der Waals surface area contributed by atoms with Gasteiger partial charge in [0.25, 0.3) is 0 Å². The zero-order valence-corrected chi connectivity index (χ0v) is 10.2. The van der Waals surface area contributed by atoms with E-state index < -0.39 is 0 Å². The number of halogens is 1. The summed E-state index contributed by atoms with van der Waals surface area (Å²) in [6, 6.07) is 3.98. The first-order valence-corrected chi connectivity index (χ1v) is 5.68. The lowest BCUT2D eigenvalue weighted by atomic mass is 10.3. The Balaban J connectivity index is 2.26. The maximum Gasteiger partial charge on any atom is 0.171 e. The summed E-state index contributed by atoms with van der Waals surface area (Å²) in [5.41, 5.74) is 1.68. The van der Waals surface area contributed by atoms with Gasteiger partial charge >= 0.3 is 0 Å². The molecule has 0 unspecified atom stereocenters. The highest BCUT2D eigenvalue weighted by Gasteiger charge is 2.07. The molecule has 0 N–H and O–H groups in total. The minimum absolute atomic E-state index is 0.756. The average Bonchev–Trinajstić information content (AvgIpc) is 2.73. The van der Waals surface area contributed by atoms with Gasteiger partial charge in [0.05, 0.1) is 5.56 Å². The fraction of sp³-hybridized carbons (Fsp3) is 0. The first-order chi connectivity index (χ1) is 7.84. The molecule has 0 aliphatic heterocycles. The van der Waals surface area contributed by atoms with Crippen LogP contribution in [0.1, 0.15) is 0 Å². The SMILES string of the molecule is Ic1ccn2c(-c3cncnc3)nnc2c1. The summed E-state index contributed by atoms with van der Waals surface area (Å²) in [5, 5.41) is 8.24. The molecule has 3 aromatic heterocycles. The molecule has 0 bridgehead atoms. The van der Waals surface area contributed by atoms with Crippen LogP contribution in [-0.4, -0.2) is 24.6 Å². The summed E-state index contributed by atoms with van der Waals surface area (Å²) in [5.74, 6) is 0.756. The highest BCUT2D eigenvalue weighted by Crippen LogP contribution is 2.17. The van der Waals surface area contributed by atoms with Gasteiger partial charge in [0.1, 0.15) is 6.33 Å². The van der Waals surface area contributed by atoms with Gasteiger partial charge in [-0.05, 0) is 34.7 Å². The van der Waals surface area contributed by atoms with Crippen molar-refractivity contribution in [1.29, 1.82) is 0 Å². The normalized spacial score (nSPS) is 10.8. The fourth-order valence-electron chi connectivity index (χ4n) is 1.48. The zero-order chi connectivity index (χ0) is 11.0. The molecule has 0 aliphatic rings. The second-order valence-corrected chi connectivity index (χ2v) is 4.47. The Labute approximate surface area is 105 Å². The number of pyridine rings is 1. The largest absolute Gasteiger partial charge is 0.282 e. The molecule has 0 fully saturated rings. The lowest BCUT2D eigenvalue weighted by Crippen LogP contribution is -1.90. The van der Waals surface area contributed by atoms with Crippen LogP contribution in [0.5, 0.6) is 0 Å². The average molecular weight is 323 g/mol. The highest BCUT2D eigenvalue weighted by molar-refractivity contribution is 14.1. The molecule has 0 aromatic carbocycles. The van der Waals surface area contributed by atoms with Crippen LogP contribution in [0.15, 0.2) is 37.1 Å². The maximum absolute atomic E-state index is 4.14. The van der Waals surface area contributed by atoms with Crippen molar-refractivity contribution in [3.63, 3.8) is 0 Å². The quantitative estimate of drug-likeness (QED) is 0.641. The molecule has 0 atom stereocenters. The van der Waals surface area contributed by atoms with Crippen molar-refractivity contribution in [2.24, 2.45) is 0 Å². The van der Waals surface area contributed by atoms with E-state index in [2.05, 4.69) is 42.8 Å². The van der Waals surface area contributed by atoms with Crippen LogP contribution >= 0.6 is 22.6 Å². The summed E-state index contributed by atoms with van der Waals surface area (Å²) in [4.78, 5) is 7.94. The third-order valence-electron chi connectivity index (χ3n) is 2.19. The van der Waals surface area contributed by atoms with Crippen molar-refractivity contribution < 1.29 is 0 Å². The standard InChI is InChI=1S/C10H6IN5/c11-8-1-2-16-9(3-8)14-15-10(16)7-4-12-6-13-5-7/h1-6H. The Morgan fingerprint density at radius 3 is 2.75 bits per heavy atom. The molecule has 0 aliphatic carbocycles. The van der Waals surface area contributed by atoms with E-state index in [1.165, 1.54) is 6.33 Å². The van der Waals surface area contributed by atoms with E-state index >= 15 is 0 Å². The van der Waals surface area contributed by atoms with Crippen molar-refractivity contribution in [2.45, 2.75) is 0 Å². The molecular weight excluding hydrogens is 317 g/mol. The molecule has 0 saturated carbocycles. The molecule has 5 nitrogen and oxygen atoms in total. The van der Waals surface area contributed by atoms with Gasteiger partial charge in [-0.3, -0.25) is 4.40 Å². The molecule has 3 heterocycles. The van der Waals surface area contributed by atoms with Gasteiger partial charge in [-0.2, -0.15) is 0 Å². The van der Waals surface area contributed by atoms with Crippen LogP contribution in [0.2, 0.25) is 0 Å². The zero-order valence-electron chi connectivity index (χ0n) is 8.08. The van der Waals surface area contributed by atoms with Crippen molar-refractivity contribution >= 4 is 28.2 Å². The number of nitrogens with zero attached hydrogens (tertiary/aromatic N) is 5. The Kier molecular flexibility index (Phi) is 2.28. The third-order valence-corrected chi connectivity index (χ3v) is 2.86. The Morgan fingerprint density at radius 1 is 1.12 bits per heavy atom. The summed E-state index contributed by atoms with van der Waals surface area (Å²) >= 11 is 2.25. The number of fused-ring (bicyclic) bond motifs is 1. The molecule has 0 spiro atoms. The van der Waals surface area contributed by atoms with E-state index in [1.807, 2.05) is 22.7 Å². The van der Waals surface area contributed by atoms with Crippen LogP contribution < -0.4 is 0 Å². The van der Waals surface area contributed by atoms with Crippen molar-refractivity contribution in [3.8, 4) is 11.4 Å². The smallest absolute Gasteiger partial charge is 0.171 e. The van der Waals surface area contributed by atoms with Crippen LogP contribution in [0.4, 0.5) is 0 Å². The van der Waals surface area contributed by atoms with Gasteiger partial charge < -0.3 is 0 Å². The molecule has 3 aromatic rings. The molecule has 0 amide bonds. The predicted octanol–water partition coefficient (Wildman–Crippen LogP) is 1.79. The van der Waals surface area contributed by atoms with E-state index in [0.717, 1.165) is 20.6 Å². The first-order valence-electron chi connectivity index (χ1n) is 4.60. The summed E-state index contributed by atoms with van der Waals surface area (Å²) in [7, 11) is 0. The predicted molar refractivity (Wildman–Crippen MR) is 66.7 cm³/mol. The highest BCUT2D eigenvalue weighted by atomic mass is 127. The maximum atomic E-state index is 4.14. The van der Waals surface area contributed by atoms with Crippen LogP contribution in [0.25, 0.3) is 17.0 Å². The Bertz CT molecular complexity index is 634. The van der Waals surface area contributed by atoms with Gasteiger partial charge in [0.2, 0.25) is 0 Å². The van der Waals surface area contributed by atoms with E-state index in [9.17, 15) is 0 Å². The van der Waals surface area contributed by atoms with Crippen LogP contribution in [-0.2, 0) is 0 Å². The molecular formula is C10H6IN5. The van der Waals surface area contributed by atoms with Crippen molar-refractivity contribution in [3.05, 3.63) is 40.6 Å². The van der Waals surface area contributed by atoms with E-state index in [-0.39, 0.29) is 0 Å². The van der Waals surface area contributed by atoms with Gasteiger partial charge in [-0.15, -0.1) is 10.2 Å². The second-order valence-electron chi connectivity index (χ2n) is 3.22. The lowest BCUT2D eigenvalue weighted by Gasteiger charge is -1.98. The summed E-state index contributed by atoms with van der Waals surface area (Å²) in [6.45, 7) is 0. The van der Waals surface area contributed by atoms with Gasteiger partial charge in [-0.25, -0.2) is 9.97 Å². The van der Waals surface area contributed by atoms with Gasteiger partial charge in [-0.1, -0.05) is 0 Å². The molecule has 6 heteroatoms. The van der Waals surface area contributed by atoms with Crippen molar-refractivity contribution in [2.75, 3.05) is 0 Å². The monoisotopic (exact) mass is 323 g/mol. The van der Waals surface area contributed by atoms with Crippen molar-refractivity contribution in [1.82, 2.24) is 24.6 Å². The van der Waals surface area contributed by atoms with E-state index in [4.69, 9.17) is 0 Å². The minimum atomic E-state index is 0.756. The topological polar surface area (TPSA) is 56.0 Å². The molecule has 78 valence electrons. The molecule has 0 radical (unpaired) electrons. The van der Waals surface area contributed by atoms with Gasteiger partial charge in [0, 0.05) is 22.2 Å². The fourth-order valence-corrected chi connectivity index (χ4v) is 1.92. The molecule has 16 heavy (non-hydrogen) atoms. The van der Waals surface area contributed by atoms with E-state index in [0.29, 0.717) is 0 Å². The second kappa shape index (κ2) is 3.78. The Hall–Kier alpha value is -1.57. The minimum Gasteiger partial charge on any atom is -0.282 e. The number of aromatic nitrogens is 5. The number of rotatable bonds is 1. The van der Waals surface area contributed by atoms with E-state index in [1.54, 1.807) is 12.4 Å². The van der Waals surface area contributed by atoms with Crippen LogP contribution in [0, 0.1) is 3.57 Å². The van der Waals surface area contributed by atoms with Crippen LogP contribution in [0.3, 0.4) is 0 Å². The third kappa shape index (κ3) is 1.54. The number of hydrogen-bond acceptors (Lipinski definition) is 4.